The third kappa shape index (κ3) is 4.78. The standard InChI is InChI=1S/C30H22O3/c1-21-17-19-22(20-18-21)26(28(31)23-11-5-2-6-12-23)27(29(32)24-13-7-3-8-14-24)30(33)25-15-9-4-10-16-25/h2-20H,1H3. The van der Waals surface area contributed by atoms with Gasteiger partial charge in [-0.3, -0.25) is 14.4 Å². The smallest absolute Gasteiger partial charge is 0.197 e. The summed E-state index contributed by atoms with van der Waals surface area (Å²) in [7, 11) is 0. The number of rotatable bonds is 7. The van der Waals surface area contributed by atoms with Crippen LogP contribution in [0.15, 0.2) is 121 Å². The van der Waals surface area contributed by atoms with Gasteiger partial charge in [0.1, 0.15) is 0 Å². The minimum Gasteiger partial charge on any atom is -0.289 e. The van der Waals surface area contributed by atoms with Crippen molar-refractivity contribution >= 4 is 22.9 Å². The molecule has 0 N–H and O–H groups in total. The molecule has 0 saturated carbocycles. The Morgan fingerprint density at radius 1 is 0.424 bits per heavy atom. The highest BCUT2D eigenvalue weighted by Gasteiger charge is 2.30. The Morgan fingerprint density at radius 2 is 0.788 bits per heavy atom. The number of benzene rings is 4. The molecule has 4 rings (SSSR count). The normalized spacial score (nSPS) is 10.3. The van der Waals surface area contributed by atoms with Crippen molar-refractivity contribution in [2.45, 2.75) is 6.92 Å². The maximum Gasteiger partial charge on any atom is 0.197 e. The van der Waals surface area contributed by atoms with Crippen molar-refractivity contribution < 1.29 is 14.4 Å². The maximum atomic E-state index is 13.8. The van der Waals surface area contributed by atoms with Gasteiger partial charge in [0.25, 0.3) is 0 Å². The predicted octanol–water partition coefficient (Wildman–Crippen LogP) is 6.40. The number of ketones is 3. The molecular formula is C30H22O3. The third-order valence-corrected chi connectivity index (χ3v) is 5.38. The Morgan fingerprint density at radius 3 is 1.18 bits per heavy atom. The van der Waals surface area contributed by atoms with E-state index < -0.39 is 11.6 Å². The monoisotopic (exact) mass is 430 g/mol. The van der Waals surface area contributed by atoms with Gasteiger partial charge in [0.05, 0.1) is 5.57 Å². The molecule has 0 aliphatic carbocycles. The SMILES string of the molecule is Cc1ccc(C(C(=O)c2ccccc2)=C(C(=O)c2ccccc2)C(=O)c2ccccc2)cc1. The fourth-order valence-electron chi connectivity index (χ4n) is 3.64. The summed E-state index contributed by atoms with van der Waals surface area (Å²) in [6.45, 7) is 1.94. The van der Waals surface area contributed by atoms with Gasteiger partial charge in [-0.25, -0.2) is 0 Å². The van der Waals surface area contributed by atoms with Crippen molar-refractivity contribution in [1.29, 1.82) is 0 Å². The van der Waals surface area contributed by atoms with Crippen molar-refractivity contribution in [3.63, 3.8) is 0 Å². The van der Waals surface area contributed by atoms with E-state index in [1.165, 1.54) is 0 Å². The van der Waals surface area contributed by atoms with Gasteiger partial charge in [-0.1, -0.05) is 121 Å². The Balaban J connectivity index is 2.03. The summed E-state index contributed by atoms with van der Waals surface area (Å²) < 4.78 is 0. The molecule has 0 aliphatic rings. The quantitative estimate of drug-likeness (QED) is 0.148. The summed E-state index contributed by atoms with van der Waals surface area (Å²) in [6, 6.07) is 33.2. The van der Waals surface area contributed by atoms with E-state index in [1.54, 1.807) is 97.1 Å². The molecule has 0 spiro atoms. The molecule has 3 heteroatoms. The molecule has 160 valence electrons. The second kappa shape index (κ2) is 9.84. The van der Waals surface area contributed by atoms with Gasteiger partial charge in [0.15, 0.2) is 17.3 Å². The molecule has 4 aromatic carbocycles. The van der Waals surface area contributed by atoms with Crippen LogP contribution in [0.1, 0.15) is 42.2 Å². The average Bonchev–Trinajstić information content (AvgIpc) is 2.88. The summed E-state index contributed by atoms with van der Waals surface area (Å²) in [4.78, 5) is 41.3. The lowest BCUT2D eigenvalue weighted by molar-refractivity contribution is 0.0953. The average molecular weight is 431 g/mol. The highest BCUT2D eigenvalue weighted by Crippen LogP contribution is 2.29. The first-order chi connectivity index (χ1) is 16.1. The number of Topliss-reactive ketones (excluding diaryl/α,β-unsaturated/α-hetero) is 3. The van der Waals surface area contributed by atoms with E-state index in [-0.39, 0.29) is 16.9 Å². The lowest BCUT2D eigenvalue weighted by Gasteiger charge is -2.15. The largest absolute Gasteiger partial charge is 0.289 e. The molecule has 3 nitrogen and oxygen atoms in total. The zero-order valence-corrected chi connectivity index (χ0v) is 18.2. The van der Waals surface area contributed by atoms with Gasteiger partial charge >= 0.3 is 0 Å². The fourth-order valence-corrected chi connectivity index (χ4v) is 3.64. The molecule has 0 aromatic heterocycles. The Labute approximate surface area is 193 Å². The molecule has 4 aromatic rings. The molecule has 0 unspecified atom stereocenters. The summed E-state index contributed by atoms with van der Waals surface area (Å²) >= 11 is 0. The summed E-state index contributed by atoms with van der Waals surface area (Å²) in [5.41, 5.74) is 2.61. The van der Waals surface area contributed by atoms with E-state index in [0.29, 0.717) is 22.3 Å². The van der Waals surface area contributed by atoms with Gasteiger partial charge in [-0.05, 0) is 12.5 Å². The summed E-state index contributed by atoms with van der Waals surface area (Å²) in [5, 5.41) is 0. The summed E-state index contributed by atoms with van der Waals surface area (Å²) in [5.74, 6) is -1.34. The van der Waals surface area contributed by atoms with Crippen LogP contribution in [0, 0.1) is 6.92 Å². The minimum absolute atomic E-state index is 0.101. The molecule has 0 heterocycles. The molecule has 0 atom stereocenters. The highest BCUT2D eigenvalue weighted by molar-refractivity contribution is 6.44. The molecule has 0 radical (unpaired) electrons. The molecule has 0 saturated heterocycles. The Bertz CT molecular complexity index is 1260. The van der Waals surface area contributed by atoms with Gasteiger partial charge in [0.2, 0.25) is 0 Å². The molecular weight excluding hydrogens is 408 g/mol. The number of carbonyl (C=O) groups excluding carboxylic acids is 3. The Hall–Kier alpha value is -4.37. The molecule has 0 aliphatic heterocycles. The summed E-state index contributed by atoms with van der Waals surface area (Å²) in [6.07, 6.45) is 0. The van der Waals surface area contributed by atoms with Crippen LogP contribution < -0.4 is 0 Å². The van der Waals surface area contributed by atoms with Crippen LogP contribution in [0.2, 0.25) is 0 Å². The minimum atomic E-state index is -0.482. The van der Waals surface area contributed by atoms with E-state index in [2.05, 4.69) is 0 Å². The van der Waals surface area contributed by atoms with Crippen LogP contribution in [0.25, 0.3) is 5.57 Å². The van der Waals surface area contributed by atoms with Gasteiger partial charge in [0, 0.05) is 22.3 Å². The lowest BCUT2D eigenvalue weighted by Crippen LogP contribution is -2.19. The van der Waals surface area contributed by atoms with Crippen LogP contribution in [0.4, 0.5) is 0 Å². The van der Waals surface area contributed by atoms with E-state index in [4.69, 9.17) is 0 Å². The number of carbonyl (C=O) groups is 3. The van der Waals surface area contributed by atoms with Gasteiger partial charge in [-0.2, -0.15) is 0 Å². The van der Waals surface area contributed by atoms with Crippen LogP contribution in [0.3, 0.4) is 0 Å². The fraction of sp³-hybridized carbons (Fsp3) is 0.0333. The first-order valence-electron chi connectivity index (χ1n) is 10.7. The topological polar surface area (TPSA) is 51.2 Å². The van der Waals surface area contributed by atoms with E-state index in [9.17, 15) is 14.4 Å². The number of hydrogen-bond acceptors (Lipinski definition) is 3. The predicted molar refractivity (Wildman–Crippen MR) is 130 cm³/mol. The highest BCUT2D eigenvalue weighted by atomic mass is 16.2. The van der Waals surface area contributed by atoms with Gasteiger partial charge in [-0.15, -0.1) is 0 Å². The number of aryl methyl sites for hydroxylation is 1. The second-order valence-corrected chi connectivity index (χ2v) is 7.70. The van der Waals surface area contributed by atoms with Gasteiger partial charge < -0.3 is 0 Å². The van der Waals surface area contributed by atoms with E-state index in [0.717, 1.165) is 5.56 Å². The number of hydrogen-bond donors (Lipinski definition) is 0. The first kappa shape index (κ1) is 21.8. The third-order valence-electron chi connectivity index (χ3n) is 5.38. The van der Waals surface area contributed by atoms with Crippen molar-refractivity contribution in [1.82, 2.24) is 0 Å². The Kier molecular flexibility index (Phi) is 6.51. The second-order valence-electron chi connectivity index (χ2n) is 7.70. The number of allylic oxidation sites excluding steroid dienone is 2. The lowest BCUT2D eigenvalue weighted by atomic mass is 9.85. The molecule has 33 heavy (non-hydrogen) atoms. The van der Waals surface area contributed by atoms with Crippen molar-refractivity contribution in [3.05, 3.63) is 149 Å². The van der Waals surface area contributed by atoms with E-state index in [1.807, 2.05) is 25.1 Å². The van der Waals surface area contributed by atoms with Crippen molar-refractivity contribution in [2.75, 3.05) is 0 Å². The van der Waals surface area contributed by atoms with Crippen LogP contribution >= 0.6 is 0 Å². The van der Waals surface area contributed by atoms with Crippen LogP contribution in [-0.2, 0) is 0 Å². The molecule has 0 bridgehead atoms. The van der Waals surface area contributed by atoms with E-state index >= 15 is 0 Å². The van der Waals surface area contributed by atoms with Crippen LogP contribution in [-0.4, -0.2) is 17.3 Å². The zero-order chi connectivity index (χ0) is 23.2. The van der Waals surface area contributed by atoms with Crippen molar-refractivity contribution in [3.8, 4) is 0 Å². The molecule has 0 fully saturated rings. The van der Waals surface area contributed by atoms with Crippen LogP contribution in [0.5, 0.6) is 0 Å². The first-order valence-corrected chi connectivity index (χ1v) is 10.7. The molecule has 0 amide bonds. The van der Waals surface area contributed by atoms with Crippen molar-refractivity contribution in [2.24, 2.45) is 0 Å². The maximum absolute atomic E-state index is 13.8. The zero-order valence-electron chi connectivity index (χ0n) is 18.2.